The molecule has 2 N–H and O–H groups in total. The number of hydrogen-bond acceptors (Lipinski definition) is 5. The first-order valence-electron chi connectivity index (χ1n) is 8.17. The van der Waals surface area contributed by atoms with Crippen molar-refractivity contribution in [2.24, 2.45) is 0 Å². The van der Waals surface area contributed by atoms with Crippen molar-refractivity contribution in [3.63, 3.8) is 0 Å². The van der Waals surface area contributed by atoms with Gasteiger partial charge in [0.05, 0.1) is 11.0 Å². The summed E-state index contributed by atoms with van der Waals surface area (Å²) in [5.74, 6) is -0.715. The minimum Gasteiger partial charge on any atom is -0.449 e. The molecule has 0 spiro atoms. The molecule has 0 atom stereocenters. The van der Waals surface area contributed by atoms with E-state index in [2.05, 4.69) is 20.0 Å². The van der Waals surface area contributed by atoms with Gasteiger partial charge in [-0.05, 0) is 18.2 Å². The van der Waals surface area contributed by atoms with Crippen molar-refractivity contribution in [2.75, 3.05) is 5.32 Å². The maximum atomic E-state index is 12.3. The molecule has 1 amide bonds. The number of rotatable bonds is 3. The Bertz CT molecular complexity index is 1030. The van der Waals surface area contributed by atoms with Crippen LogP contribution in [0.1, 0.15) is 24.2 Å². The van der Waals surface area contributed by atoms with Gasteiger partial charge in [-0.3, -0.25) is 10.1 Å². The van der Waals surface area contributed by atoms with E-state index >= 15 is 0 Å². The van der Waals surface area contributed by atoms with Gasteiger partial charge in [0.2, 0.25) is 11.7 Å². The Hall–Kier alpha value is -3.43. The molecule has 7 nitrogen and oxygen atoms in total. The van der Waals surface area contributed by atoms with Crippen LogP contribution in [0.25, 0.3) is 11.0 Å². The van der Waals surface area contributed by atoms with Crippen molar-refractivity contribution in [3.8, 4) is 17.2 Å². The number of amides is 1. The molecule has 1 aliphatic heterocycles. The van der Waals surface area contributed by atoms with E-state index in [-0.39, 0.29) is 11.5 Å². The highest BCUT2D eigenvalue weighted by Gasteiger charge is 2.33. The molecule has 4 rings (SSSR count). The minimum absolute atomic E-state index is 0.0156. The van der Waals surface area contributed by atoms with Crippen molar-refractivity contribution in [3.05, 3.63) is 42.0 Å². The summed E-state index contributed by atoms with van der Waals surface area (Å²) in [4.78, 5) is 19.5. The van der Waals surface area contributed by atoms with Gasteiger partial charge in [0.15, 0.2) is 11.5 Å². The maximum absolute atomic E-state index is 12.3. The molecule has 10 heteroatoms. The Morgan fingerprint density at radius 1 is 1.18 bits per heavy atom. The Balaban J connectivity index is 1.54. The average Bonchev–Trinajstić information content (AvgIpc) is 3.07. The lowest BCUT2D eigenvalue weighted by molar-refractivity contribution is -0.274. The normalized spacial score (nSPS) is 14.9. The average molecular weight is 393 g/mol. The van der Waals surface area contributed by atoms with Gasteiger partial charge in [0, 0.05) is 31.5 Å². The Morgan fingerprint density at radius 2 is 1.89 bits per heavy atom. The van der Waals surface area contributed by atoms with Crippen LogP contribution in [-0.4, -0.2) is 28.0 Å². The number of anilines is 1. The highest BCUT2D eigenvalue weighted by molar-refractivity contribution is 6.04. The third-order valence-electron chi connectivity index (χ3n) is 3.82. The number of nitrogens with zero attached hydrogens (tertiary/aromatic N) is 1. The number of halogens is 3. The van der Waals surface area contributed by atoms with Crippen LogP contribution in [0.4, 0.5) is 19.1 Å². The number of aromatic amines is 1. The Morgan fingerprint density at radius 3 is 2.61 bits per heavy atom. The third kappa shape index (κ3) is 3.66. The van der Waals surface area contributed by atoms with Crippen molar-refractivity contribution in [1.29, 1.82) is 0 Å². The summed E-state index contributed by atoms with van der Waals surface area (Å²) in [6.45, 7) is 3.55. The third-order valence-corrected chi connectivity index (χ3v) is 3.82. The molecule has 0 bridgehead atoms. The molecule has 1 aromatic heterocycles. The molecule has 2 aromatic carbocycles. The van der Waals surface area contributed by atoms with Gasteiger partial charge in [-0.2, -0.15) is 0 Å². The number of alkyl halides is 3. The van der Waals surface area contributed by atoms with E-state index in [1.54, 1.807) is 26.0 Å². The summed E-state index contributed by atoms with van der Waals surface area (Å²) in [5.41, 5.74) is 1.12. The van der Waals surface area contributed by atoms with E-state index < -0.39 is 23.8 Å². The Kier molecular flexibility index (Phi) is 3.88. The SMILES string of the molecule is CC1(C)Oc2cc3nc(NC(=O)c4cccc(OC(F)(F)F)c4)[nH]c3cc2O1. The number of benzene rings is 2. The van der Waals surface area contributed by atoms with Gasteiger partial charge in [-0.1, -0.05) is 6.07 Å². The maximum Gasteiger partial charge on any atom is 0.573 e. The largest absolute Gasteiger partial charge is 0.573 e. The van der Waals surface area contributed by atoms with Crippen LogP contribution in [0.3, 0.4) is 0 Å². The smallest absolute Gasteiger partial charge is 0.449 e. The van der Waals surface area contributed by atoms with Gasteiger partial charge in [0.1, 0.15) is 5.75 Å². The lowest BCUT2D eigenvalue weighted by Crippen LogP contribution is -2.29. The number of ether oxygens (including phenoxy) is 3. The summed E-state index contributed by atoms with van der Waals surface area (Å²) in [7, 11) is 0. The molecule has 28 heavy (non-hydrogen) atoms. The summed E-state index contributed by atoms with van der Waals surface area (Å²) in [6.07, 6.45) is -4.84. The first-order valence-corrected chi connectivity index (χ1v) is 8.17. The van der Waals surface area contributed by atoms with E-state index in [0.717, 1.165) is 12.1 Å². The second-order valence-corrected chi connectivity index (χ2v) is 6.54. The summed E-state index contributed by atoms with van der Waals surface area (Å²) >= 11 is 0. The van der Waals surface area contributed by atoms with Crippen molar-refractivity contribution < 1.29 is 32.2 Å². The van der Waals surface area contributed by atoms with E-state index in [1.165, 1.54) is 12.1 Å². The molecule has 3 aromatic rings. The number of carbonyl (C=O) groups is 1. The monoisotopic (exact) mass is 393 g/mol. The predicted octanol–water partition coefficient (Wildman–Crippen LogP) is 4.22. The molecular formula is C18H14F3N3O4. The van der Waals surface area contributed by atoms with Crippen molar-refractivity contribution in [1.82, 2.24) is 9.97 Å². The fraction of sp³-hybridized carbons (Fsp3) is 0.222. The lowest BCUT2D eigenvalue weighted by atomic mass is 10.2. The highest BCUT2D eigenvalue weighted by atomic mass is 19.4. The van der Waals surface area contributed by atoms with E-state index in [0.29, 0.717) is 22.5 Å². The molecule has 0 fully saturated rings. The summed E-state index contributed by atoms with van der Waals surface area (Å²) in [6, 6.07) is 8.11. The minimum atomic E-state index is -4.84. The molecule has 0 unspecified atom stereocenters. The van der Waals surface area contributed by atoms with Gasteiger partial charge in [0.25, 0.3) is 5.91 Å². The molecule has 1 aliphatic rings. The van der Waals surface area contributed by atoms with Gasteiger partial charge < -0.3 is 19.2 Å². The number of aromatic nitrogens is 2. The highest BCUT2D eigenvalue weighted by Crippen LogP contribution is 2.41. The first kappa shape index (κ1) is 18.0. The number of H-pyrrole nitrogens is 1. The number of imidazole rings is 1. The fourth-order valence-corrected chi connectivity index (χ4v) is 2.80. The number of fused-ring (bicyclic) bond motifs is 2. The molecule has 0 radical (unpaired) electrons. The molecule has 2 heterocycles. The number of carbonyl (C=O) groups excluding carboxylic acids is 1. The molecule has 0 aliphatic carbocycles. The summed E-state index contributed by atoms with van der Waals surface area (Å²) in [5, 5.41) is 2.50. The molecule has 0 saturated carbocycles. The zero-order chi connectivity index (χ0) is 20.1. The first-order chi connectivity index (χ1) is 13.1. The summed E-state index contributed by atoms with van der Waals surface area (Å²) < 4.78 is 52.1. The van der Waals surface area contributed by atoms with Crippen LogP contribution < -0.4 is 19.5 Å². The van der Waals surface area contributed by atoms with E-state index in [1.807, 2.05) is 0 Å². The molecular weight excluding hydrogens is 379 g/mol. The predicted molar refractivity (Wildman–Crippen MR) is 92.5 cm³/mol. The van der Waals surface area contributed by atoms with E-state index in [4.69, 9.17) is 9.47 Å². The lowest BCUT2D eigenvalue weighted by Gasteiger charge is -2.16. The topological polar surface area (TPSA) is 85.5 Å². The van der Waals surface area contributed by atoms with E-state index in [9.17, 15) is 18.0 Å². The van der Waals surface area contributed by atoms with Crippen LogP contribution in [0, 0.1) is 0 Å². The van der Waals surface area contributed by atoms with Gasteiger partial charge in [-0.25, -0.2) is 4.98 Å². The molecule has 0 saturated heterocycles. The van der Waals surface area contributed by atoms with Crippen molar-refractivity contribution >= 4 is 22.9 Å². The molecule has 146 valence electrons. The van der Waals surface area contributed by atoms with Crippen LogP contribution in [0.2, 0.25) is 0 Å². The standard InChI is InChI=1S/C18H14F3N3O4/c1-17(2)27-13-7-11-12(8-14(13)28-17)23-16(22-11)24-15(25)9-4-3-5-10(6-9)26-18(19,20)21/h3-8H,1-2H3,(H2,22,23,24,25). The van der Waals surface area contributed by atoms with Crippen LogP contribution in [0.5, 0.6) is 17.2 Å². The number of hydrogen-bond donors (Lipinski definition) is 2. The number of nitrogens with one attached hydrogen (secondary N) is 2. The zero-order valence-corrected chi connectivity index (χ0v) is 14.7. The van der Waals surface area contributed by atoms with Gasteiger partial charge in [-0.15, -0.1) is 13.2 Å². The zero-order valence-electron chi connectivity index (χ0n) is 14.7. The fourth-order valence-electron chi connectivity index (χ4n) is 2.80. The van der Waals surface area contributed by atoms with Crippen molar-refractivity contribution in [2.45, 2.75) is 26.0 Å². The van der Waals surface area contributed by atoms with Crippen LogP contribution in [-0.2, 0) is 0 Å². The van der Waals surface area contributed by atoms with Crippen LogP contribution >= 0.6 is 0 Å². The van der Waals surface area contributed by atoms with Crippen LogP contribution in [0.15, 0.2) is 36.4 Å². The van der Waals surface area contributed by atoms with Gasteiger partial charge >= 0.3 is 6.36 Å². The second kappa shape index (κ2) is 6.04. The Labute approximate surface area is 156 Å². The second-order valence-electron chi connectivity index (χ2n) is 6.54. The quantitative estimate of drug-likeness (QED) is 0.696.